The first-order chi connectivity index (χ1) is 18.3. The van der Waals surface area contributed by atoms with E-state index < -0.39 is 21.1 Å². The molecule has 3 aliphatic heterocycles. The van der Waals surface area contributed by atoms with Crippen LogP contribution < -0.4 is 20.9 Å². The van der Waals surface area contributed by atoms with Crippen molar-refractivity contribution in [1.29, 1.82) is 0 Å². The van der Waals surface area contributed by atoms with Gasteiger partial charge in [0.05, 0.1) is 35.3 Å². The lowest BCUT2D eigenvalue weighted by atomic mass is 10.0. The van der Waals surface area contributed by atoms with E-state index in [4.69, 9.17) is 0 Å². The van der Waals surface area contributed by atoms with Gasteiger partial charge in [0, 0.05) is 30.5 Å². The molecular weight excluding hydrogens is 504 g/mol. The van der Waals surface area contributed by atoms with Crippen LogP contribution in [0.1, 0.15) is 48.8 Å². The van der Waals surface area contributed by atoms with Crippen molar-refractivity contribution in [3.63, 3.8) is 0 Å². The Kier molecular flexibility index (Phi) is 7.38. The first kappa shape index (κ1) is 25.8. The van der Waals surface area contributed by atoms with Crippen molar-refractivity contribution < 1.29 is 22.8 Å². The summed E-state index contributed by atoms with van der Waals surface area (Å²) in [6.45, 7) is 0.610. The van der Waals surface area contributed by atoms with Crippen molar-refractivity contribution in [2.75, 3.05) is 17.2 Å². The van der Waals surface area contributed by atoms with E-state index in [1.54, 1.807) is 4.90 Å². The van der Waals surface area contributed by atoms with E-state index in [1.807, 2.05) is 48.5 Å². The summed E-state index contributed by atoms with van der Waals surface area (Å²) in [6.07, 6.45) is 1.87. The van der Waals surface area contributed by atoms with E-state index in [0.717, 1.165) is 22.4 Å². The lowest BCUT2D eigenvalue weighted by Gasteiger charge is -2.26. The highest BCUT2D eigenvalue weighted by atomic mass is 32.2. The average molecular weight is 535 g/mol. The summed E-state index contributed by atoms with van der Waals surface area (Å²) < 4.78 is 24.8. The number of urea groups is 1. The van der Waals surface area contributed by atoms with E-state index in [-0.39, 0.29) is 49.0 Å². The third kappa shape index (κ3) is 5.53. The molecule has 0 bridgehead atoms. The number of nitrogens with zero attached hydrogens (tertiary/aromatic N) is 1. The smallest absolute Gasteiger partial charge is 0.315 e. The minimum absolute atomic E-state index is 0.0464. The molecule has 38 heavy (non-hydrogen) atoms. The van der Waals surface area contributed by atoms with Gasteiger partial charge in [-0.1, -0.05) is 48.6 Å². The van der Waals surface area contributed by atoms with Gasteiger partial charge < -0.3 is 20.9 Å². The number of para-hydroxylation sites is 1. The Balaban J connectivity index is 1.10. The van der Waals surface area contributed by atoms with Crippen molar-refractivity contribution in [1.82, 2.24) is 16.0 Å². The van der Waals surface area contributed by atoms with Crippen LogP contribution in [0.3, 0.4) is 0 Å². The molecule has 2 aromatic carbocycles. The number of carbonyl (C=O) groups excluding carboxylic acids is 3. The first-order valence-electron chi connectivity index (χ1n) is 12.9. The van der Waals surface area contributed by atoms with Gasteiger partial charge in [0.15, 0.2) is 9.84 Å². The van der Waals surface area contributed by atoms with Crippen LogP contribution >= 0.6 is 0 Å². The largest absolute Gasteiger partial charge is 0.356 e. The molecule has 2 aromatic rings. The predicted molar refractivity (Wildman–Crippen MR) is 143 cm³/mol. The quantitative estimate of drug-likeness (QED) is 0.271. The van der Waals surface area contributed by atoms with E-state index in [1.165, 1.54) is 0 Å². The SMILES string of the molecule is O=C(CCCC[C@H]1[C@H]2NC(=O)N[C@H]2CS1(=O)=O)NCCC(=O)N1Cc2ccccc2C#Cc2ccccc21. The molecule has 198 valence electrons. The van der Waals surface area contributed by atoms with E-state index in [9.17, 15) is 22.8 Å². The Morgan fingerprint density at radius 2 is 1.71 bits per heavy atom. The Bertz CT molecular complexity index is 1430. The number of rotatable bonds is 8. The summed E-state index contributed by atoms with van der Waals surface area (Å²) in [7, 11) is -3.28. The molecular formula is C28H30N4O5S. The maximum atomic E-state index is 13.2. The van der Waals surface area contributed by atoms with Crippen molar-refractivity contribution in [2.24, 2.45) is 0 Å². The van der Waals surface area contributed by atoms with Gasteiger partial charge >= 0.3 is 6.03 Å². The maximum absolute atomic E-state index is 13.2. The van der Waals surface area contributed by atoms with E-state index in [0.29, 0.717) is 25.8 Å². The van der Waals surface area contributed by atoms with Gasteiger partial charge in [0.25, 0.3) is 0 Å². The zero-order valence-corrected chi connectivity index (χ0v) is 21.7. The molecule has 3 N–H and O–H groups in total. The lowest BCUT2D eigenvalue weighted by Crippen LogP contribution is -2.39. The van der Waals surface area contributed by atoms with E-state index >= 15 is 0 Å². The fourth-order valence-electron chi connectivity index (χ4n) is 5.38. The number of hydrogen-bond donors (Lipinski definition) is 3. The highest BCUT2D eigenvalue weighted by Gasteiger charge is 2.51. The predicted octanol–water partition coefficient (Wildman–Crippen LogP) is 1.85. The number of sulfone groups is 1. The summed E-state index contributed by atoms with van der Waals surface area (Å²) in [6, 6.07) is 14.2. The summed E-state index contributed by atoms with van der Waals surface area (Å²) in [5.41, 5.74) is 3.39. The monoisotopic (exact) mass is 534 g/mol. The van der Waals surface area contributed by atoms with Crippen LogP contribution in [0.15, 0.2) is 48.5 Å². The normalized spacial score (nSPS) is 22.4. The first-order valence-corrected chi connectivity index (χ1v) is 14.6. The maximum Gasteiger partial charge on any atom is 0.315 e. The molecule has 5 rings (SSSR count). The highest BCUT2D eigenvalue weighted by Crippen LogP contribution is 2.29. The fourth-order valence-corrected chi connectivity index (χ4v) is 7.65. The number of fused-ring (bicyclic) bond motifs is 3. The molecule has 2 fully saturated rings. The number of hydrogen-bond acceptors (Lipinski definition) is 5. The Labute approximate surface area is 222 Å². The average Bonchev–Trinajstić information content (AvgIpc) is 3.34. The zero-order chi connectivity index (χ0) is 26.7. The molecule has 4 amide bonds. The molecule has 2 saturated heterocycles. The summed E-state index contributed by atoms with van der Waals surface area (Å²) in [5.74, 6) is 6.04. The Morgan fingerprint density at radius 1 is 0.974 bits per heavy atom. The molecule has 3 heterocycles. The number of nitrogens with one attached hydrogen (secondary N) is 3. The van der Waals surface area contributed by atoms with Gasteiger partial charge in [-0.3, -0.25) is 9.59 Å². The van der Waals surface area contributed by atoms with Gasteiger partial charge in [-0.05, 0) is 36.6 Å². The van der Waals surface area contributed by atoms with Gasteiger partial charge in [0.2, 0.25) is 11.8 Å². The van der Waals surface area contributed by atoms with E-state index in [2.05, 4.69) is 27.8 Å². The van der Waals surface area contributed by atoms with Crippen LogP contribution in [-0.4, -0.2) is 55.9 Å². The van der Waals surface area contributed by atoms with Crippen LogP contribution in [0.4, 0.5) is 10.5 Å². The molecule has 3 aliphatic rings. The second-order valence-corrected chi connectivity index (χ2v) is 12.1. The van der Waals surface area contributed by atoms with Crippen LogP contribution in [0.2, 0.25) is 0 Å². The van der Waals surface area contributed by atoms with Gasteiger partial charge in [-0.15, -0.1) is 0 Å². The second-order valence-electron chi connectivity index (χ2n) is 9.87. The molecule has 0 unspecified atom stereocenters. The van der Waals surface area contributed by atoms with Crippen molar-refractivity contribution in [2.45, 2.75) is 56.0 Å². The highest BCUT2D eigenvalue weighted by molar-refractivity contribution is 7.92. The molecule has 0 aromatic heterocycles. The van der Waals surface area contributed by atoms with Gasteiger partial charge in [0.1, 0.15) is 0 Å². The van der Waals surface area contributed by atoms with Crippen LogP contribution in [-0.2, 0) is 26.0 Å². The minimum Gasteiger partial charge on any atom is -0.356 e. The third-order valence-electron chi connectivity index (χ3n) is 7.30. The summed E-state index contributed by atoms with van der Waals surface area (Å²) in [5, 5.41) is 7.55. The third-order valence-corrected chi connectivity index (χ3v) is 9.57. The molecule has 0 radical (unpaired) electrons. The number of benzene rings is 2. The zero-order valence-electron chi connectivity index (χ0n) is 20.9. The number of unbranched alkanes of at least 4 members (excludes halogenated alkanes) is 1. The standard InChI is InChI=1S/C28H30N4O5S/c33-25(12-6-5-11-24-27-22(18-38(24,36)37)30-28(35)31-27)29-16-15-26(34)32-17-21-9-2-1-7-19(21)13-14-20-8-3-4-10-23(20)32/h1-4,7-10,22,24,27H,5-6,11-12,15-18H2,(H,29,33)(H2,30,31,35)/t22-,24-,27-/m0/s1. The molecule has 0 spiro atoms. The Morgan fingerprint density at radius 3 is 2.55 bits per heavy atom. The summed E-state index contributed by atoms with van der Waals surface area (Å²) in [4.78, 5) is 38.9. The number of amides is 4. The topological polar surface area (TPSA) is 125 Å². The molecule has 10 heteroatoms. The van der Waals surface area contributed by atoms with Crippen molar-refractivity contribution in [3.8, 4) is 11.8 Å². The van der Waals surface area contributed by atoms with Crippen LogP contribution in [0.25, 0.3) is 0 Å². The fraction of sp³-hybridized carbons (Fsp3) is 0.393. The molecule has 0 aliphatic carbocycles. The minimum atomic E-state index is -3.28. The molecule has 9 nitrogen and oxygen atoms in total. The number of anilines is 1. The number of carbonyl (C=O) groups is 3. The summed E-state index contributed by atoms with van der Waals surface area (Å²) >= 11 is 0. The molecule has 3 atom stereocenters. The van der Waals surface area contributed by atoms with Crippen molar-refractivity contribution in [3.05, 3.63) is 65.2 Å². The van der Waals surface area contributed by atoms with Crippen molar-refractivity contribution >= 4 is 33.4 Å². The Hall–Kier alpha value is -3.84. The van der Waals surface area contributed by atoms with Gasteiger partial charge in [-0.25, -0.2) is 13.2 Å². The van der Waals surface area contributed by atoms with Crippen LogP contribution in [0, 0.1) is 11.8 Å². The lowest BCUT2D eigenvalue weighted by molar-refractivity contribution is -0.121. The molecule has 0 saturated carbocycles. The van der Waals surface area contributed by atoms with Crippen LogP contribution in [0.5, 0.6) is 0 Å². The second kappa shape index (κ2) is 10.9. The van der Waals surface area contributed by atoms with Gasteiger partial charge in [-0.2, -0.15) is 0 Å².